The minimum absolute atomic E-state index is 0.612. The number of benzene rings is 1. The molecule has 0 heterocycles. The molecule has 0 aromatic heterocycles. The number of hydrogen-bond acceptors (Lipinski definition) is 3. The second-order valence-corrected chi connectivity index (χ2v) is 2.55. The Labute approximate surface area is 78.2 Å². The molecule has 0 saturated carbocycles. The van der Waals surface area contributed by atoms with Gasteiger partial charge in [-0.2, -0.15) is 0 Å². The van der Waals surface area contributed by atoms with Gasteiger partial charge in [-0.3, -0.25) is 0 Å². The molecule has 3 heteroatoms. The van der Waals surface area contributed by atoms with Crippen molar-refractivity contribution < 1.29 is 14.2 Å². The molecular formula is C10H13O3. The first-order valence-electron chi connectivity index (χ1n) is 3.91. The Kier molecular flexibility index (Phi) is 3.01. The molecule has 0 fully saturated rings. The van der Waals surface area contributed by atoms with Gasteiger partial charge in [0.2, 0.25) is 5.75 Å². The number of aryl methyl sites for hydroxylation is 1. The standard InChI is InChI=1S/C10H13O3/c1-7-5-6-8(11-2)10(13-4)9(7)12-3/h6H,1-4H3. The molecule has 0 unspecified atom stereocenters. The molecule has 71 valence electrons. The van der Waals surface area contributed by atoms with Crippen LogP contribution in [0.25, 0.3) is 0 Å². The summed E-state index contributed by atoms with van der Waals surface area (Å²) in [5.74, 6) is 1.91. The van der Waals surface area contributed by atoms with E-state index in [2.05, 4.69) is 6.07 Å². The SMILES string of the molecule is COc1c[c]c(C)c(OC)c1OC. The second-order valence-electron chi connectivity index (χ2n) is 2.55. The van der Waals surface area contributed by atoms with Gasteiger partial charge in [-0.1, -0.05) is 0 Å². The maximum atomic E-state index is 5.17. The molecule has 0 aliphatic carbocycles. The van der Waals surface area contributed by atoms with E-state index in [1.807, 2.05) is 6.92 Å². The Balaban J connectivity index is 3.27. The molecule has 0 spiro atoms. The van der Waals surface area contributed by atoms with E-state index in [1.165, 1.54) is 0 Å². The van der Waals surface area contributed by atoms with Gasteiger partial charge in [-0.05, 0) is 19.1 Å². The predicted molar refractivity (Wildman–Crippen MR) is 49.7 cm³/mol. The van der Waals surface area contributed by atoms with Crippen LogP contribution in [0.5, 0.6) is 17.2 Å². The van der Waals surface area contributed by atoms with Crippen molar-refractivity contribution in [1.29, 1.82) is 0 Å². The Morgan fingerprint density at radius 2 is 1.62 bits per heavy atom. The quantitative estimate of drug-likeness (QED) is 0.711. The van der Waals surface area contributed by atoms with Crippen LogP contribution in [0, 0.1) is 13.0 Å². The molecule has 0 bridgehead atoms. The zero-order valence-corrected chi connectivity index (χ0v) is 8.30. The Hall–Kier alpha value is -1.38. The largest absolute Gasteiger partial charge is 0.493 e. The van der Waals surface area contributed by atoms with E-state index in [1.54, 1.807) is 27.4 Å². The molecule has 1 rings (SSSR count). The zero-order chi connectivity index (χ0) is 9.84. The fourth-order valence-corrected chi connectivity index (χ4v) is 1.18. The summed E-state index contributed by atoms with van der Waals surface area (Å²) in [6.45, 7) is 1.90. The Bertz CT molecular complexity index is 294. The summed E-state index contributed by atoms with van der Waals surface area (Å²) < 4.78 is 15.4. The van der Waals surface area contributed by atoms with Crippen molar-refractivity contribution in [2.24, 2.45) is 0 Å². The van der Waals surface area contributed by atoms with E-state index < -0.39 is 0 Å². The summed E-state index contributed by atoms with van der Waals surface area (Å²) in [5, 5.41) is 0. The van der Waals surface area contributed by atoms with Crippen LogP contribution in [-0.4, -0.2) is 21.3 Å². The van der Waals surface area contributed by atoms with Gasteiger partial charge in [-0.15, -0.1) is 0 Å². The highest BCUT2D eigenvalue weighted by atomic mass is 16.5. The van der Waals surface area contributed by atoms with Gasteiger partial charge in [0, 0.05) is 5.56 Å². The highest BCUT2D eigenvalue weighted by molar-refractivity contribution is 5.54. The molecule has 0 amide bonds. The average Bonchev–Trinajstić information content (AvgIpc) is 2.17. The topological polar surface area (TPSA) is 27.7 Å². The molecule has 1 aromatic rings. The summed E-state index contributed by atoms with van der Waals surface area (Å²) in [6.07, 6.45) is 0. The third kappa shape index (κ3) is 1.69. The molecule has 0 aliphatic heterocycles. The molecule has 13 heavy (non-hydrogen) atoms. The molecule has 0 aliphatic rings. The Morgan fingerprint density at radius 1 is 1.00 bits per heavy atom. The van der Waals surface area contributed by atoms with E-state index in [0.29, 0.717) is 17.2 Å². The van der Waals surface area contributed by atoms with Gasteiger partial charge in [-0.25, -0.2) is 0 Å². The lowest BCUT2D eigenvalue weighted by Gasteiger charge is -2.13. The van der Waals surface area contributed by atoms with E-state index in [9.17, 15) is 0 Å². The van der Waals surface area contributed by atoms with Gasteiger partial charge < -0.3 is 14.2 Å². The van der Waals surface area contributed by atoms with Crippen molar-refractivity contribution in [3.05, 3.63) is 17.7 Å². The first-order chi connectivity index (χ1) is 6.24. The van der Waals surface area contributed by atoms with Crippen LogP contribution < -0.4 is 14.2 Å². The van der Waals surface area contributed by atoms with Crippen molar-refractivity contribution in [2.75, 3.05) is 21.3 Å². The Morgan fingerprint density at radius 3 is 2.08 bits per heavy atom. The highest BCUT2D eigenvalue weighted by Crippen LogP contribution is 2.38. The zero-order valence-electron chi connectivity index (χ0n) is 8.30. The van der Waals surface area contributed by atoms with Gasteiger partial charge in [0.15, 0.2) is 11.5 Å². The summed E-state index contributed by atoms with van der Waals surface area (Å²) >= 11 is 0. The van der Waals surface area contributed by atoms with Crippen LogP contribution in [0.3, 0.4) is 0 Å². The average molecular weight is 181 g/mol. The van der Waals surface area contributed by atoms with Crippen molar-refractivity contribution in [3.63, 3.8) is 0 Å². The fourth-order valence-electron chi connectivity index (χ4n) is 1.18. The van der Waals surface area contributed by atoms with Crippen molar-refractivity contribution in [1.82, 2.24) is 0 Å². The van der Waals surface area contributed by atoms with Gasteiger partial charge in [0.25, 0.3) is 0 Å². The molecule has 3 nitrogen and oxygen atoms in total. The van der Waals surface area contributed by atoms with E-state index in [-0.39, 0.29) is 0 Å². The van der Waals surface area contributed by atoms with Crippen LogP contribution in [0.4, 0.5) is 0 Å². The van der Waals surface area contributed by atoms with Crippen molar-refractivity contribution in [3.8, 4) is 17.2 Å². The van der Waals surface area contributed by atoms with Crippen LogP contribution in [-0.2, 0) is 0 Å². The predicted octanol–water partition coefficient (Wildman–Crippen LogP) is 1.82. The van der Waals surface area contributed by atoms with Crippen LogP contribution in [0.1, 0.15) is 5.56 Å². The summed E-state index contributed by atoms with van der Waals surface area (Å²) in [4.78, 5) is 0. The lowest BCUT2D eigenvalue weighted by atomic mass is 10.2. The molecule has 0 N–H and O–H groups in total. The van der Waals surface area contributed by atoms with E-state index in [0.717, 1.165) is 5.56 Å². The van der Waals surface area contributed by atoms with Gasteiger partial charge in [0.1, 0.15) is 0 Å². The van der Waals surface area contributed by atoms with Crippen molar-refractivity contribution >= 4 is 0 Å². The monoisotopic (exact) mass is 181 g/mol. The lowest BCUT2D eigenvalue weighted by Crippen LogP contribution is -1.96. The number of rotatable bonds is 3. The van der Waals surface area contributed by atoms with Crippen molar-refractivity contribution in [2.45, 2.75) is 6.92 Å². The minimum Gasteiger partial charge on any atom is -0.493 e. The van der Waals surface area contributed by atoms with E-state index in [4.69, 9.17) is 14.2 Å². The minimum atomic E-state index is 0.612. The van der Waals surface area contributed by atoms with Crippen LogP contribution >= 0.6 is 0 Å². The third-order valence-electron chi connectivity index (χ3n) is 1.82. The number of methoxy groups -OCH3 is 3. The van der Waals surface area contributed by atoms with Crippen LogP contribution in [0.15, 0.2) is 6.07 Å². The molecule has 1 radical (unpaired) electrons. The van der Waals surface area contributed by atoms with Gasteiger partial charge >= 0.3 is 0 Å². The molecular weight excluding hydrogens is 168 g/mol. The fraction of sp³-hybridized carbons (Fsp3) is 0.400. The summed E-state index contributed by atoms with van der Waals surface area (Å²) in [6, 6.07) is 4.75. The number of hydrogen-bond donors (Lipinski definition) is 0. The lowest BCUT2D eigenvalue weighted by molar-refractivity contribution is 0.323. The number of ether oxygens (including phenoxy) is 3. The normalized spacial score (nSPS) is 9.54. The smallest absolute Gasteiger partial charge is 0.203 e. The first kappa shape index (κ1) is 9.71. The highest BCUT2D eigenvalue weighted by Gasteiger charge is 2.12. The molecule has 1 aromatic carbocycles. The molecule has 0 atom stereocenters. The van der Waals surface area contributed by atoms with Crippen LogP contribution in [0.2, 0.25) is 0 Å². The van der Waals surface area contributed by atoms with E-state index >= 15 is 0 Å². The van der Waals surface area contributed by atoms with Gasteiger partial charge in [0.05, 0.1) is 21.3 Å². The summed E-state index contributed by atoms with van der Waals surface area (Å²) in [5.41, 5.74) is 0.903. The maximum Gasteiger partial charge on any atom is 0.203 e. The second kappa shape index (κ2) is 4.03. The first-order valence-corrected chi connectivity index (χ1v) is 3.91. The third-order valence-corrected chi connectivity index (χ3v) is 1.82. The maximum absolute atomic E-state index is 5.17. The summed E-state index contributed by atoms with van der Waals surface area (Å²) in [7, 11) is 4.76. The molecule has 0 saturated heterocycles.